The van der Waals surface area contributed by atoms with Crippen LogP contribution in [0.1, 0.15) is 62.4 Å². The van der Waals surface area contributed by atoms with Crippen molar-refractivity contribution in [1.29, 1.82) is 0 Å². The Morgan fingerprint density at radius 3 is 2.28 bits per heavy atom. The van der Waals surface area contributed by atoms with Gasteiger partial charge < -0.3 is 25.2 Å². The molecule has 0 radical (unpaired) electrons. The van der Waals surface area contributed by atoms with Crippen LogP contribution in [-0.4, -0.2) is 60.6 Å². The predicted octanol–water partition coefficient (Wildman–Crippen LogP) is 3.80. The van der Waals surface area contributed by atoms with Crippen LogP contribution in [0.15, 0.2) is 54.6 Å². The third-order valence-electron chi connectivity index (χ3n) is 6.00. The van der Waals surface area contributed by atoms with Gasteiger partial charge in [-0.25, -0.2) is 4.79 Å². The van der Waals surface area contributed by atoms with Gasteiger partial charge in [0.2, 0.25) is 5.91 Å². The highest BCUT2D eigenvalue weighted by Gasteiger charge is 2.24. The molecule has 2 atom stereocenters. The topological polar surface area (TPSA) is 131 Å². The summed E-state index contributed by atoms with van der Waals surface area (Å²) < 4.78 is 11.5. The minimum Gasteiger partial charge on any atom is -0.489 e. The lowest BCUT2D eigenvalue weighted by molar-refractivity contribution is -0.151. The largest absolute Gasteiger partial charge is 0.489 e. The molecule has 0 aromatic heterocycles. The van der Waals surface area contributed by atoms with Crippen LogP contribution in [0.25, 0.3) is 0 Å². The van der Waals surface area contributed by atoms with Crippen LogP contribution < -0.4 is 15.4 Å². The minimum absolute atomic E-state index is 0.0199. The Labute approximate surface area is 230 Å². The molecule has 1 unspecified atom stereocenters. The maximum Gasteiger partial charge on any atom is 0.326 e. The number of para-hydroxylation sites is 1. The number of ether oxygens (including phenoxy) is 2. The van der Waals surface area contributed by atoms with Crippen LogP contribution in [0.5, 0.6) is 5.75 Å². The number of rotatable bonds is 18. The predicted molar refractivity (Wildman–Crippen MR) is 148 cm³/mol. The fourth-order valence-electron chi connectivity index (χ4n) is 3.84. The molecule has 0 heterocycles. The zero-order chi connectivity index (χ0) is 28.6. The van der Waals surface area contributed by atoms with Gasteiger partial charge in [-0.05, 0) is 43.0 Å². The van der Waals surface area contributed by atoms with E-state index in [0.29, 0.717) is 30.7 Å². The molecule has 9 nitrogen and oxygen atoms in total. The van der Waals surface area contributed by atoms with Crippen LogP contribution >= 0.6 is 0 Å². The molecule has 0 spiro atoms. The summed E-state index contributed by atoms with van der Waals surface area (Å²) >= 11 is 0. The van der Waals surface area contributed by atoms with Gasteiger partial charge in [0.25, 0.3) is 0 Å². The standard InChI is InChI=1S/C30H40N2O7/c1-4-18-31-19-23(39-28(35)17-16-27(34)32-29(21(2)3)30(36)37)20-38-26-13-9-8-12-24(26)25(33)15-14-22-10-6-5-7-11-22/h5-13,21,23,29,31H,4,14-20H2,1-3H3,(H,32,34)(H,36,37)/t23?,29-/m0/s1. The number of carboxylic acid groups (broad SMARTS) is 1. The van der Waals surface area contributed by atoms with E-state index in [4.69, 9.17) is 9.47 Å². The van der Waals surface area contributed by atoms with Gasteiger partial charge in [-0.1, -0.05) is 63.2 Å². The summed E-state index contributed by atoms with van der Waals surface area (Å²) in [7, 11) is 0. The Hall–Kier alpha value is -3.72. The summed E-state index contributed by atoms with van der Waals surface area (Å²) in [6.07, 6.45) is 0.803. The van der Waals surface area contributed by atoms with Crippen LogP contribution in [0.4, 0.5) is 0 Å². The smallest absolute Gasteiger partial charge is 0.326 e. The maximum atomic E-state index is 12.9. The van der Waals surface area contributed by atoms with E-state index in [1.54, 1.807) is 38.1 Å². The Kier molecular flexibility index (Phi) is 13.7. The van der Waals surface area contributed by atoms with Gasteiger partial charge in [-0.3, -0.25) is 14.4 Å². The van der Waals surface area contributed by atoms with Crippen molar-refractivity contribution >= 4 is 23.6 Å². The van der Waals surface area contributed by atoms with E-state index in [9.17, 15) is 24.3 Å². The first-order valence-electron chi connectivity index (χ1n) is 13.4. The summed E-state index contributed by atoms with van der Waals surface area (Å²) in [5, 5.41) is 14.9. The summed E-state index contributed by atoms with van der Waals surface area (Å²) in [6, 6.07) is 15.7. The highest BCUT2D eigenvalue weighted by atomic mass is 16.6. The van der Waals surface area contributed by atoms with Crippen molar-refractivity contribution in [3.05, 3.63) is 65.7 Å². The molecule has 0 aliphatic rings. The van der Waals surface area contributed by atoms with Gasteiger partial charge in [-0.2, -0.15) is 0 Å². The Morgan fingerprint density at radius 1 is 0.923 bits per heavy atom. The second kappa shape index (κ2) is 17.0. The maximum absolute atomic E-state index is 12.9. The molecule has 0 saturated heterocycles. The van der Waals surface area contributed by atoms with E-state index >= 15 is 0 Å². The van der Waals surface area contributed by atoms with Crippen molar-refractivity contribution in [1.82, 2.24) is 10.6 Å². The fraction of sp³-hybridized carbons (Fsp3) is 0.467. The normalized spacial score (nSPS) is 12.4. The Morgan fingerprint density at radius 2 is 1.62 bits per heavy atom. The number of Topliss-reactive ketones (excluding diaryl/α,β-unsaturated/α-hetero) is 1. The van der Waals surface area contributed by atoms with Crippen molar-refractivity contribution in [3.8, 4) is 5.75 Å². The van der Waals surface area contributed by atoms with Gasteiger partial charge in [0.1, 0.15) is 24.5 Å². The zero-order valence-corrected chi connectivity index (χ0v) is 23.0. The molecule has 0 aliphatic heterocycles. The minimum atomic E-state index is -1.13. The number of benzene rings is 2. The summed E-state index contributed by atoms with van der Waals surface area (Å²) in [6.45, 7) is 6.47. The van der Waals surface area contributed by atoms with Crippen molar-refractivity contribution in [3.63, 3.8) is 0 Å². The monoisotopic (exact) mass is 540 g/mol. The van der Waals surface area contributed by atoms with Crippen LogP contribution in [0.2, 0.25) is 0 Å². The lowest BCUT2D eigenvalue weighted by Crippen LogP contribution is -2.44. The van der Waals surface area contributed by atoms with E-state index in [1.165, 1.54) is 0 Å². The van der Waals surface area contributed by atoms with Gasteiger partial charge in [0.15, 0.2) is 5.78 Å². The highest BCUT2D eigenvalue weighted by molar-refractivity contribution is 5.98. The van der Waals surface area contributed by atoms with Crippen LogP contribution in [-0.2, 0) is 25.5 Å². The lowest BCUT2D eigenvalue weighted by Gasteiger charge is -2.20. The average Bonchev–Trinajstić information content (AvgIpc) is 2.92. The average molecular weight is 541 g/mol. The molecule has 9 heteroatoms. The van der Waals surface area contributed by atoms with E-state index in [2.05, 4.69) is 10.6 Å². The summed E-state index contributed by atoms with van der Waals surface area (Å²) in [5.74, 6) is -2.18. The first kappa shape index (κ1) is 31.5. The molecule has 0 saturated carbocycles. The molecule has 0 aliphatic carbocycles. The summed E-state index contributed by atoms with van der Waals surface area (Å²) in [5.41, 5.74) is 1.55. The highest BCUT2D eigenvalue weighted by Crippen LogP contribution is 2.21. The van der Waals surface area contributed by atoms with E-state index in [0.717, 1.165) is 18.5 Å². The summed E-state index contributed by atoms with van der Waals surface area (Å²) in [4.78, 5) is 48.9. The number of ketones is 1. The Balaban J connectivity index is 1.94. The number of hydrogen-bond donors (Lipinski definition) is 3. The molecule has 0 fully saturated rings. The third kappa shape index (κ3) is 11.7. The van der Waals surface area contributed by atoms with Gasteiger partial charge in [0, 0.05) is 19.4 Å². The second-order valence-corrected chi connectivity index (χ2v) is 9.66. The van der Waals surface area contributed by atoms with E-state index in [1.807, 2.05) is 37.3 Å². The third-order valence-corrected chi connectivity index (χ3v) is 6.00. The number of carboxylic acids is 1. The number of carbonyl (C=O) groups is 4. The number of carbonyl (C=O) groups excluding carboxylic acids is 3. The van der Waals surface area contributed by atoms with Gasteiger partial charge in [0.05, 0.1) is 12.0 Å². The molecule has 1 amide bonds. The van der Waals surface area contributed by atoms with Crippen molar-refractivity contribution in [2.24, 2.45) is 5.92 Å². The zero-order valence-electron chi connectivity index (χ0n) is 23.0. The lowest BCUT2D eigenvalue weighted by atomic mass is 10.0. The van der Waals surface area contributed by atoms with Crippen molar-refractivity contribution < 1.29 is 33.8 Å². The number of aliphatic carboxylic acids is 1. The van der Waals surface area contributed by atoms with Crippen LogP contribution in [0.3, 0.4) is 0 Å². The molecular formula is C30H40N2O7. The number of aryl methyl sites for hydroxylation is 1. The molecular weight excluding hydrogens is 500 g/mol. The first-order chi connectivity index (χ1) is 18.7. The molecule has 0 bridgehead atoms. The molecule has 3 N–H and O–H groups in total. The Bertz CT molecular complexity index is 1070. The number of amides is 1. The molecule has 212 valence electrons. The fourth-order valence-corrected chi connectivity index (χ4v) is 3.84. The molecule has 2 rings (SSSR count). The van der Waals surface area contributed by atoms with Gasteiger partial charge in [-0.15, -0.1) is 0 Å². The first-order valence-corrected chi connectivity index (χ1v) is 13.4. The number of hydrogen-bond acceptors (Lipinski definition) is 7. The number of esters is 1. The van der Waals surface area contributed by atoms with Crippen LogP contribution in [0, 0.1) is 5.92 Å². The van der Waals surface area contributed by atoms with Gasteiger partial charge >= 0.3 is 11.9 Å². The number of nitrogens with one attached hydrogen (secondary N) is 2. The van der Waals surface area contributed by atoms with Crippen molar-refractivity contribution in [2.75, 3.05) is 19.7 Å². The SMILES string of the molecule is CCCNCC(COc1ccccc1C(=O)CCc1ccccc1)OC(=O)CCC(=O)N[C@H](C(=O)O)C(C)C. The molecule has 39 heavy (non-hydrogen) atoms. The quantitative estimate of drug-likeness (QED) is 0.148. The van der Waals surface area contributed by atoms with E-state index < -0.39 is 30.0 Å². The van der Waals surface area contributed by atoms with Crippen molar-refractivity contribution in [2.45, 2.75) is 65.0 Å². The molecule has 2 aromatic carbocycles. The second-order valence-electron chi connectivity index (χ2n) is 9.66. The molecule has 2 aromatic rings. The van der Waals surface area contributed by atoms with E-state index in [-0.39, 0.29) is 31.1 Å².